The minimum Gasteiger partial charge on any atom is -0.478 e. The number of aliphatic carboxylic acids is 1. The molecule has 0 radical (unpaired) electrons. The third-order valence-corrected chi connectivity index (χ3v) is 4.68. The smallest absolute Gasteiger partial charge is 0.430 e. The summed E-state index contributed by atoms with van der Waals surface area (Å²) in [6.07, 6.45) is -3.57. The number of carboxylic acid groups (broad SMARTS) is 1. The van der Waals surface area contributed by atoms with Gasteiger partial charge in [0.15, 0.2) is 0 Å². The number of ether oxygens (including phenoxy) is 1. The van der Waals surface area contributed by atoms with E-state index in [1.807, 2.05) is 13.8 Å². The topological polar surface area (TPSA) is 46.5 Å². The number of rotatable bonds is 5. The van der Waals surface area contributed by atoms with Crippen molar-refractivity contribution in [3.05, 3.63) is 33.9 Å². The van der Waals surface area contributed by atoms with E-state index in [9.17, 15) is 18.0 Å². The molecule has 3 nitrogen and oxygen atoms in total. The maximum atomic E-state index is 13.2. The van der Waals surface area contributed by atoms with Gasteiger partial charge in [-0.1, -0.05) is 45.2 Å². The largest absolute Gasteiger partial charge is 0.478 e. The average molecular weight is 377 g/mol. The summed E-state index contributed by atoms with van der Waals surface area (Å²) in [6.45, 7) is 6.00. The Morgan fingerprint density at radius 1 is 1.32 bits per heavy atom. The molecule has 0 spiro atoms. The number of fused-ring (bicyclic) bond motifs is 1. The summed E-state index contributed by atoms with van der Waals surface area (Å²) in [6, 6.07) is 2.97. The van der Waals surface area contributed by atoms with Gasteiger partial charge in [0, 0.05) is 10.6 Å². The molecule has 0 bridgehead atoms. The Kier molecular flexibility index (Phi) is 5.42. The van der Waals surface area contributed by atoms with E-state index in [1.54, 1.807) is 0 Å². The van der Waals surface area contributed by atoms with Crippen LogP contribution in [0.15, 0.2) is 17.7 Å². The normalized spacial score (nSPS) is 17.6. The second-order valence-corrected chi connectivity index (χ2v) is 7.21. The SMILES string of the molecule is CCCCC(C)(C)c1cc2c(cc1Cl)C=C(C(=O)O)[C@@H](C(F)(F)F)O2. The van der Waals surface area contributed by atoms with Gasteiger partial charge in [-0.3, -0.25) is 0 Å². The molecular weight excluding hydrogens is 357 g/mol. The lowest BCUT2D eigenvalue weighted by Gasteiger charge is -2.31. The van der Waals surface area contributed by atoms with E-state index < -0.39 is 23.8 Å². The molecule has 1 atom stereocenters. The van der Waals surface area contributed by atoms with Gasteiger partial charge in [0.05, 0.1) is 5.57 Å². The molecular formula is C18H20ClF3O3. The van der Waals surface area contributed by atoms with Crippen molar-refractivity contribution >= 4 is 23.6 Å². The molecule has 0 fully saturated rings. The molecule has 0 saturated heterocycles. The minimum absolute atomic E-state index is 0.00343. The predicted octanol–water partition coefficient (Wildman–Crippen LogP) is 5.60. The van der Waals surface area contributed by atoms with Crippen LogP contribution in [0, 0.1) is 0 Å². The number of carboxylic acids is 1. The summed E-state index contributed by atoms with van der Waals surface area (Å²) in [5, 5.41) is 9.45. The van der Waals surface area contributed by atoms with Crippen molar-refractivity contribution in [1.29, 1.82) is 0 Å². The highest BCUT2D eigenvalue weighted by atomic mass is 35.5. The predicted molar refractivity (Wildman–Crippen MR) is 90.1 cm³/mol. The van der Waals surface area contributed by atoms with Crippen LogP contribution in [-0.2, 0) is 10.2 Å². The van der Waals surface area contributed by atoms with E-state index >= 15 is 0 Å². The number of hydrogen-bond donors (Lipinski definition) is 1. The van der Waals surface area contributed by atoms with Gasteiger partial charge in [0.25, 0.3) is 0 Å². The number of halogens is 4. The fourth-order valence-corrected chi connectivity index (χ4v) is 3.33. The van der Waals surface area contributed by atoms with E-state index in [4.69, 9.17) is 21.4 Å². The van der Waals surface area contributed by atoms with E-state index in [1.165, 1.54) is 12.1 Å². The van der Waals surface area contributed by atoms with E-state index in [0.29, 0.717) is 10.6 Å². The maximum Gasteiger partial charge on any atom is 0.430 e. The van der Waals surface area contributed by atoms with Gasteiger partial charge in [-0.15, -0.1) is 0 Å². The Morgan fingerprint density at radius 3 is 2.48 bits per heavy atom. The molecule has 1 aliphatic rings. The Bertz CT molecular complexity index is 708. The second-order valence-electron chi connectivity index (χ2n) is 6.80. The Balaban J connectivity index is 2.52. The summed E-state index contributed by atoms with van der Waals surface area (Å²) in [4.78, 5) is 11.2. The van der Waals surface area contributed by atoms with Crippen molar-refractivity contribution in [2.45, 2.75) is 57.7 Å². The fourth-order valence-electron chi connectivity index (χ4n) is 2.91. The number of unbranched alkanes of at least 4 members (excludes halogenated alkanes) is 1. The second kappa shape index (κ2) is 6.90. The zero-order chi connectivity index (χ0) is 19.0. The van der Waals surface area contributed by atoms with Gasteiger partial charge in [-0.25, -0.2) is 4.79 Å². The molecule has 1 aromatic rings. The molecule has 1 N–H and O–H groups in total. The van der Waals surface area contributed by atoms with Crippen LogP contribution in [0.25, 0.3) is 6.08 Å². The van der Waals surface area contributed by atoms with Gasteiger partial charge in [-0.05, 0) is 35.6 Å². The number of alkyl halides is 3. The first-order chi connectivity index (χ1) is 11.5. The molecule has 1 heterocycles. The molecule has 0 unspecified atom stereocenters. The zero-order valence-electron chi connectivity index (χ0n) is 14.2. The van der Waals surface area contributed by atoms with Crippen molar-refractivity contribution in [1.82, 2.24) is 0 Å². The Morgan fingerprint density at radius 2 is 1.96 bits per heavy atom. The van der Waals surface area contributed by atoms with Crippen LogP contribution >= 0.6 is 11.6 Å². The monoisotopic (exact) mass is 376 g/mol. The highest BCUT2D eigenvalue weighted by molar-refractivity contribution is 6.31. The molecule has 1 aromatic carbocycles. The van der Waals surface area contributed by atoms with Crippen molar-refractivity contribution in [3.63, 3.8) is 0 Å². The summed E-state index contributed by atoms with van der Waals surface area (Å²) >= 11 is 6.32. The zero-order valence-corrected chi connectivity index (χ0v) is 15.0. The lowest BCUT2D eigenvalue weighted by atomic mass is 9.79. The third-order valence-electron chi connectivity index (χ3n) is 4.37. The summed E-state index contributed by atoms with van der Waals surface area (Å²) < 4.78 is 44.5. The van der Waals surface area contributed by atoms with Crippen molar-refractivity contribution in [2.24, 2.45) is 0 Å². The molecule has 138 valence electrons. The molecule has 0 amide bonds. The first kappa shape index (κ1) is 19.6. The van der Waals surface area contributed by atoms with Gasteiger partial charge >= 0.3 is 12.1 Å². The highest BCUT2D eigenvalue weighted by Crippen LogP contribution is 2.43. The molecule has 1 aliphatic heterocycles. The van der Waals surface area contributed by atoms with Crippen LogP contribution in [-0.4, -0.2) is 23.4 Å². The quantitative estimate of drug-likeness (QED) is 0.727. The van der Waals surface area contributed by atoms with Crippen LogP contribution in [0.3, 0.4) is 0 Å². The van der Waals surface area contributed by atoms with Crippen LogP contribution in [0.2, 0.25) is 5.02 Å². The molecule has 2 rings (SSSR count). The van der Waals surface area contributed by atoms with Gasteiger partial charge in [-0.2, -0.15) is 13.2 Å². The van der Waals surface area contributed by atoms with Crippen molar-refractivity contribution in [3.8, 4) is 5.75 Å². The summed E-state index contributed by atoms with van der Waals surface area (Å²) in [5.41, 5.74) is -0.266. The van der Waals surface area contributed by atoms with E-state index in [2.05, 4.69) is 6.92 Å². The van der Waals surface area contributed by atoms with Crippen LogP contribution in [0.1, 0.15) is 51.2 Å². The van der Waals surface area contributed by atoms with Crippen molar-refractivity contribution < 1.29 is 27.8 Å². The standard InChI is InChI=1S/C18H20ClF3O3/c1-4-5-6-17(2,3)12-9-14-10(8-13(12)19)7-11(16(23)24)15(25-14)18(20,21)22/h7-9,15H,4-6H2,1-3H3,(H,23,24)/t15-/m0/s1. The van der Waals surface area contributed by atoms with Crippen LogP contribution in [0.5, 0.6) is 5.75 Å². The lowest BCUT2D eigenvalue weighted by molar-refractivity contribution is -0.187. The molecule has 7 heteroatoms. The number of hydrogen-bond acceptors (Lipinski definition) is 2. The average Bonchev–Trinajstić information content (AvgIpc) is 2.50. The van der Waals surface area contributed by atoms with Crippen LogP contribution in [0.4, 0.5) is 13.2 Å². The van der Waals surface area contributed by atoms with Gasteiger partial charge in [0.1, 0.15) is 5.75 Å². The molecule has 0 aromatic heterocycles. The van der Waals surface area contributed by atoms with Gasteiger partial charge < -0.3 is 9.84 Å². The summed E-state index contributed by atoms with van der Waals surface area (Å²) in [5.74, 6) is -1.67. The number of carbonyl (C=O) groups is 1. The maximum absolute atomic E-state index is 13.2. The first-order valence-electron chi connectivity index (χ1n) is 7.99. The minimum atomic E-state index is -4.82. The first-order valence-corrected chi connectivity index (χ1v) is 8.37. The van der Waals surface area contributed by atoms with Gasteiger partial charge in [0.2, 0.25) is 6.10 Å². The van der Waals surface area contributed by atoms with E-state index in [0.717, 1.165) is 25.3 Å². The molecule has 25 heavy (non-hydrogen) atoms. The number of benzene rings is 1. The third kappa shape index (κ3) is 4.11. The highest BCUT2D eigenvalue weighted by Gasteiger charge is 2.48. The lowest BCUT2D eigenvalue weighted by Crippen LogP contribution is -2.40. The van der Waals surface area contributed by atoms with Crippen LogP contribution < -0.4 is 4.74 Å². The summed E-state index contributed by atoms with van der Waals surface area (Å²) in [7, 11) is 0. The van der Waals surface area contributed by atoms with Crippen molar-refractivity contribution in [2.75, 3.05) is 0 Å². The Labute approximate surface area is 149 Å². The Hall–Kier alpha value is -1.69. The van der Waals surface area contributed by atoms with E-state index in [-0.39, 0.29) is 16.7 Å². The molecule has 0 saturated carbocycles. The fraction of sp³-hybridized carbons (Fsp3) is 0.500. The molecule has 0 aliphatic carbocycles.